The van der Waals surface area contributed by atoms with Crippen molar-refractivity contribution in [3.05, 3.63) is 17.0 Å². The first-order valence-corrected chi connectivity index (χ1v) is 5.65. The van der Waals surface area contributed by atoms with Crippen molar-refractivity contribution in [2.45, 2.75) is 25.9 Å². The molecule has 0 unspecified atom stereocenters. The smallest absolute Gasteiger partial charge is 0.174 e. The zero-order chi connectivity index (χ0) is 9.10. The lowest BCUT2D eigenvalue weighted by molar-refractivity contribution is 0.168. The molecule has 0 saturated carbocycles. The topological polar surface area (TPSA) is 21.3 Å². The van der Waals surface area contributed by atoms with Gasteiger partial charge in [-0.3, -0.25) is 0 Å². The van der Waals surface area contributed by atoms with Gasteiger partial charge in [0.15, 0.2) is 5.06 Å². The van der Waals surface area contributed by atoms with Gasteiger partial charge in [0.25, 0.3) is 0 Å². The van der Waals surface area contributed by atoms with E-state index in [2.05, 4.69) is 23.7 Å². The fraction of sp³-hybridized carbons (Fsp3) is 0.600. The molecule has 2 nitrogen and oxygen atoms in total. The molecule has 0 bridgehead atoms. The summed E-state index contributed by atoms with van der Waals surface area (Å²) in [6, 6.07) is 2.12. The first-order valence-electron chi connectivity index (χ1n) is 4.77. The molecule has 3 heteroatoms. The molecule has 0 atom stereocenters. The van der Waals surface area contributed by atoms with Gasteiger partial charge in [0.05, 0.1) is 0 Å². The maximum absolute atomic E-state index is 5.85. The lowest BCUT2D eigenvalue weighted by Gasteiger charge is -2.22. The van der Waals surface area contributed by atoms with Crippen molar-refractivity contribution in [3.8, 4) is 5.06 Å². The number of piperidine rings is 1. The first-order chi connectivity index (χ1) is 6.34. The number of ether oxygens (including phenoxy) is 1. The van der Waals surface area contributed by atoms with Crippen LogP contribution < -0.4 is 10.1 Å². The molecule has 0 spiro atoms. The van der Waals surface area contributed by atoms with Crippen LogP contribution in [0.25, 0.3) is 0 Å². The second-order valence-corrected chi connectivity index (χ2v) is 4.38. The van der Waals surface area contributed by atoms with E-state index >= 15 is 0 Å². The van der Waals surface area contributed by atoms with Crippen molar-refractivity contribution in [1.29, 1.82) is 0 Å². The highest BCUT2D eigenvalue weighted by atomic mass is 32.1. The number of rotatable bonds is 2. The molecule has 0 aromatic carbocycles. The summed E-state index contributed by atoms with van der Waals surface area (Å²) in [7, 11) is 0. The average molecular weight is 197 g/mol. The normalized spacial score (nSPS) is 18.8. The molecule has 1 aromatic rings. The Kier molecular flexibility index (Phi) is 2.86. The molecule has 1 aromatic heterocycles. The molecule has 1 N–H and O–H groups in total. The Morgan fingerprint density at radius 3 is 2.85 bits per heavy atom. The Labute approximate surface area is 82.9 Å². The van der Waals surface area contributed by atoms with Crippen LogP contribution in [0.2, 0.25) is 0 Å². The average Bonchev–Trinajstić information content (AvgIpc) is 2.53. The summed E-state index contributed by atoms with van der Waals surface area (Å²) >= 11 is 1.70. The molecule has 0 radical (unpaired) electrons. The maximum Gasteiger partial charge on any atom is 0.174 e. The van der Waals surface area contributed by atoms with E-state index < -0.39 is 0 Å². The minimum Gasteiger partial charge on any atom is -0.481 e. The molecule has 1 saturated heterocycles. The second-order valence-electron chi connectivity index (χ2n) is 3.51. The molecule has 1 fully saturated rings. The number of nitrogens with one attached hydrogen (secondary N) is 1. The lowest BCUT2D eigenvalue weighted by atomic mass is 10.1. The summed E-state index contributed by atoms with van der Waals surface area (Å²) in [4.78, 5) is 0. The van der Waals surface area contributed by atoms with Crippen LogP contribution in [0.1, 0.15) is 18.4 Å². The molecule has 1 aliphatic heterocycles. The quantitative estimate of drug-likeness (QED) is 0.784. The van der Waals surface area contributed by atoms with Gasteiger partial charge in [0.2, 0.25) is 0 Å². The largest absolute Gasteiger partial charge is 0.481 e. The number of aryl methyl sites for hydroxylation is 1. The summed E-state index contributed by atoms with van der Waals surface area (Å²) in [5, 5.41) is 6.54. The van der Waals surface area contributed by atoms with Crippen LogP contribution in [0.5, 0.6) is 5.06 Å². The Hall–Kier alpha value is -0.540. The lowest BCUT2D eigenvalue weighted by Crippen LogP contribution is -2.33. The highest BCUT2D eigenvalue weighted by Gasteiger charge is 2.14. The van der Waals surface area contributed by atoms with Gasteiger partial charge >= 0.3 is 0 Å². The fourth-order valence-corrected chi connectivity index (χ4v) is 2.36. The molecule has 1 aliphatic rings. The standard InChI is InChI=1S/C10H15NOS/c1-8-6-10(13-7-8)12-9-2-4-11-5-3-9/h6-7,9,11H,2-5H2,1H3. The van der Waals surface area contributed by atoms with E-state index in [1.807, 2.05) is 0 Å². The Morgan fingerprint density at radius 1 is 1.46 bits per heavy atom. The molecule has 72 valence electrons. The predicted octanol–water partition coefficient (Wildman–Crippen LogP) is 2.19. The summed E-state index contributed by atoms with van der Waals surface area (Å²) in [5.41, 5.74) is 1.30. The van der Waals surface area contributed by atoms with Crippen molar-refractivity contribution in [1.82, 2.24) is 5.32 Å². The van der Waals surface area contributed by atoms with E-state index in [0.29, 0.717) is 6.10 Å². The minimum absolute atomic E-state index is 0.430. The third-order valence-corrected chi connectivity index (χ3v) is 3.21. The second kappa shape index (κ2) is 4.11. The van der Waals surface area contributed by atoms with Crippen LogP contribution in [0, 0.1) is 6.92 Å². The summed E-state index contributed by atoms with van der Waals surface area (Å²) in [6.07, 6.45) is 2.70. The van der Waals surface area contributed by atoms with Crippen molar-refractivity contribution < 1.29 is 4.74 Å². The van der Waals surface area contributed by atoms with Gasteiger partial charge in [0.1, 0.15) is 6.10 Å². The highest BCUT2D eigenvalue weighted by molar-refractivity contribution is 7.12. The van der Waals surface area contributed by atoms with E-state index in [1.54, 1.807) is 11.3 Å². The summed E-state index contributed by atoms with van der Waals surface area (Å²) in [6.45, 7) is 4.29. The molecule has 2 rings (SSSR count). The van der Waals surface area contributed by atoms with E-state index in [9.17, 15) is 0 Å². The Morgan fingerprint density at radius 2 is 2.23 bits per heavy atom. The summed E-state index contributed by atoms with van der Waals surface area (Å²) < 4.78 is 5.85. The highest BCUT2D eigenvalue weighted by Crippen LogP contribution is 2.25. The van der Waals surface area contributed by atoms with E-state index in [-0.39, 0.29) is 0 Å². The van der Waals surface area contributed by atoms with E-state index in [4.69, 9.17) is 4.74 Å². The monoisotopic (exact) mass is 197 g/mol. The Balaban J connectivity index is 1.89. The van der Waals surface area contributed by atoms with Crippen molar-refractivity contribution in [3.63, 3.8) is 0 Å². The van der Waals surface area contributed by atoms with E-state index in [0.717, 1.165) is 31.0 Å². The third kappa shape index (κ3) is 2.45. The SMILES string of the molecule is Cc1csc(OC2CCNCC2)c1. The molecule has 0 aliphatic carbocycles. The van der Waals surface area contributed by atoms with Gasteiger partial charge in [-0.1, -0.05) is 0 Å². The van der Waals surface area contributed by atoms with Crippen molar-refractivity contribution >= 4 is 11.3 Å². The van der Waals surface area contributed by atoms with Gasteiger partial charge < -0.3 is 10.1 Å². The molecular weight excluding hydrogens is 182 g/mol. The zero-order valence-corrected chi connectivity index (χ0v) is 8.69. The molecular formula is C10H15NOS. The third-order valence-electron chi connectivity index (χ3n) is 2.28. The van der Waals surface area contributed by atoms with Gasteiger partial charge in [-0.15, -0.1) is 11.3 Å². The number of hydrogen-bond donors (Lipinski definition) is 1. The molecule has 0 amide bonds. The van der Waals surface area contributed by atoms with Gasteiger partial charge in [-0.25, -0.2) is 0 Å². The van der Waals surface area contributed by atoms with E-state index in [1.165, 1.54) is 5.56 Å². The van der Waals surface area contributed by atoms with Gasteiger partial charge in [-0.2, -0.15) is 0 Å². The minimum atomic E-state index is 0.430. The summed E-state index contributed by atoms with van der Waals surface area (Å²) in [5.74, 6) is 0. The maximum atomic E-state index is 5.85. The van der Waals surface area contributed by atoms with Gasteiger partial charge in [-0.05, 0) is 49.9 Å². The van der Waals surface area contributed by atoms with Crippen LogP contribution in [0.15, 0.2) is 11.4 Å². The first kappa shape index (κ1) is 9.03. The van der Waals surface area contributed by atoms with Gasteiger partial charge in [0, 0.05) is 0 Å². The molecule has 2 heterocycles. The Bertz CT molecular complexity index is 266. The van der Waals surface area contributed by atoms with Crippen LogP contribution in [-0.4, -0.2) is 19.2 Å². The van der Waals surface area contributed by atoms with Crippen molar-refractivity contribution in [2.75, 3.05) is 13.1 Å². The van der Waals surface area contributed by atoms with Crippen LogP contribution in [0.3, 0.4) is 0 Å². The number of thiophene rings is 1. The predicted molar refractivity (Wildman–Crippen MR) is 55.6 cm³/mol. The fourth-order valence-electron chi connectivity index (χ4n) is 1.54. The van der Waals surface area contributed by atoms with Crippen LogP contribution in [-0.2, 0) is 0 Å². The number of hydrogen-bond acceptors (Lipinski definition) is 3. The van der Waals surface area contributed by atoms with Crippen molar-refractivity contribution in [2.24, 2.45) is 0 Å². The molecule has 13 heavy (non-hydrogen) atoms. The zero-order valence-electron chi connectivity index (χ0n) is 7.88. The van der Waals surface area contributed by atoms with Crippen LogP contribution >= 0.6 is 11.3 Å². The van der Waals surface area contributed by atoms with Crippen LogP contribution in [0.4, 0.5) is 0 Å².